The van der Waals surface area contributed by atoms with Gasteiger partial charge >= 0.3 is 0 Å². The van der Waals surface area contributed by atoms with Crippen molar-refractivity contribution >= 4 is 39.3 Å². The van der Waals surface area contributed by atoms with Crippen molar-refractivity contribution in [1.82, 2.24) is 0 Å². The van der Waals surface area contributed by atoms with Crippen LogP contribution in [0.15, 0.2) is 88.9 Å². The minimum absolute atomic E-state index is 0.121. The van der Waals surface area contributed by atoms with Crippen molar-refractivity contribution in [2.45, 2.75) is 6.92 Å². The van der Waals surface area contributed by atoms with Gasteiger partial charge in [-0.05, 0) is 82.5 Å². The van der Waals surface area contributed by atoms with E-state index in [0.29, 0.717) is 17.9 Å². The van der Waals surface area contributed by atoms with E-state index in [-0.39, 0.29) is 11.7 Å². The first-order valence-corrected chi connectivity index (χ1v) is 10.4. The molecule has 4 nitrogen and oxygen atoms in total. The maximum absolute atomic E-state index is 13.3. The molecular weight excluding hydrogens is 442 g/mol. The third-order valence-electron chi connectivity index (χ3n) is 4.74. The molecule has 3 aromatic rings. The number of carbonyl (C=O) groups excluding carboxylic acids is 1. The number of rotatable bonds is 5. The van der Waals surface area contributed by atoms with E-state index in [1.165, 1.54) is 0 Å². The minimum Gasteiger partial charge on any atom is -0.508 e. The van der Waals surface area contributed by atoms with Crippen LogP contribution < -0.4 is 9.64 Å². The standard InChI is InChI=1S/C25H20BrNO3/c1-2-30-24-13-8-17(15-22(24)26)14-19-16-23(18-6-4-3-5-7-18)27(25(19)29)20-9-11-21(28)12-10-20/h3-16,28H,2H2,1H3/b19-14+. The normalized spacial score (nSPS) is 14.9. The van der Waals surface area contributed by atoms with Crippen LogP contribution in [-0.4, -0.2) is 17.6 Å². The van der Waals surface area contributed by atoms with Crippen LogP contribution in [0, 0.1) is 0 Å². The van der Waals surface area contributed by atoms with Crippen molar-refractivity contribution in [3.8, 4) is 11.5 Å². The van der Waals surface area contributed by atoms with Crippen molar-refractivity contribution < 1.29 is 14.6 Å². The van der Waals surface area contributed by atoms with E-state index in [9.17, 15) is 9.90 Å². The van der Waals surface area contributed by atoms with Crippen LogP contribution in [0.3, 0.4) is 0 Å². The topological polar surface area (TPSA) is 49.8 Å². The van der Waals surface area contributed by atoms with E-state index < -0.39 is 0 Å². The van der Waals surface area contributed by atoms with Crippen molar-refractivity contribution in [2.75, 3.05) is 11.5 Å². The Kier molecular flexibility index (Phi) is 5.72. The van der Waals surface area contributed by atoms with Crippen molar-refractivity contribution in [1.29, 1.82) is 0 Å². The van der Waals surface area contributed by atoms with E-state index in [4.69, 9.17) is 4.74 Å². The summed E-state index contributed by atoms with van der Waals surface area (Å²) in [7, 11) is 0. The Balaban J connectivity index is 1.76. The first kappa shape index (κ1) is 20.0. The molecule has 0 radical (unpaired) electrons. The molecule has 1 aliphatic rings. The molecule has 4 rings (SSSR count). The molecule has 1 aliphatic heterocycles. The monoisotopic (exact) mass is 461 g/mol. The first-order valence-electron chi connectivity index (χ1n) is 9.61. The number of hydrogen-bond donors (Lipinski definition) is 1. The number of phenolic OH excluding ortho intramolecular Hbond substituents is 1. The highest BCUT2D eigenvalue weighted by atomic mass is 79.9. The molecule has 1 N–H and O–H groups in total. The van der Waals surface area contributed by atoms with Crippen LogP contribution >= 0.6 is 15.9 Å². The lowest BCUT2D eigenvalue weighted by Crippen LogP contribution is -2.24. The third-order valence-corrected chi connectivity index (χ3v) is 5.36. The first-order chi connectivity index (χ1) is 14.6. The molecule has 0 aliphatic carbocycles. The van der Waals surface area contributed by atoms with Crippen molar-refractivity contribution in [3.05, 3.63) is 100 Å². The molecule has 3 aromatic carbocycles. The summed E-state index contributed by atoms with van der Waals surface area (Å²) in [5.41, 5.74) is 3.91. The van der Waals surface area contributed by atoms with Gasteiger partial charge in [-0.3, -0.25) is 9.69 Å². The predicted octanol–water partition coefficient (Wildman–Crippen LogP) is 6.02. The Bertz CT molecular complexity index is 1130. The summed E-state index contributed by atoms with van der Waals surface area (Å²) in [5, 5.41) is 9.64. The summed E-state index contributed by atoms with van der Waals surface area (Å²) >= 11 is 3.53. The zero-order valence-corrected chi connectivity index (χ0v) is 18.0. The number of nitrogens with zero attached hydrogens (tertiary/aromatic N) is 1. The van der Waals surface area contributed by atoms with Crippen molar-refractivity contribution in [3.63, 3.8) is 0 Å². The molecule has 0 atom stereocenters. The average Bonchev–Trinajstić information content (AvgIpc) is 3.07. The van der Waals surface area contributed by atoms with Gasteiger partial charge in [0, 0.05) is 11.3 Å². The largest absolute Gasteiger partial charge is 0.508 e. The number of phenols is 1. The Labute approximate surface area is 183 Å². The van der Waals surface area contributed by atoms with E-state index in [2.05, 4.69) is 15.9 Å². The number of carbonyl (C=O) groups is 1. The Hall–Kier alpha value is -3.31. The van der Waals surface area contributed by atoms with E-state index in [1.54, 1.807) is 29.2 Å². The lowest BCUT2D eigenvalue weighted by atomic mass is 10.1. The van der Waals surface area contributed by atoms with Gasteiger partial charge in [0.05, 0.1) is 16.8 Å². The summed E-state index contributed by atoms with van der Waals surface area (Å²) < 4.78 is 6.41. The van der Waals surface area contributed by atoms with Crippen LogP contribution in [-0.2, 0) is 4.79 Å². The minimum atomic E-state index is -0.121. The summed E-state index contributed by atoms with van der Waals surface area (Å²) in [4.78, 5) is 15.0. The van der Waals surface area contributed by atoms with Gasteiger partial charge in [0.25, 0.3) is 5.91 Å². The number of amides is 1. The quantitative estimate of drug-likeness (QED) is 0.472. The Morgan fingerprint density at radius 3 is 2.43 bits per heavy atom. The smallest absolute Gasteiger partial charge is 0.262 e. The summed E-state index contributed by atoms with van der Waals surface area (Å²) in [6.07, 6.45) is 3.76. The second-order valence-corrected chi connectivity index (χ2v) is 7.63. The van der Waals surface area contributed by atoms with E-state index >= 15 is 0 Å². The van der Waals surface area contributed by atoms with E-state index in [0.717, 1.165) is 27.0 Å². The highest BCUT2D eigenvalue weighted by Crippen LogP contribution is 2.36. The zero-order valence-electron chi connectivity index (χ0n) is 16.4. The van der Waals surface area contributed by atoms with Gasteiger partial charge in [-0.2, -0.15) is 0 Å². The average molecular weight is 462 g/mol. The fourth-order valence-electron chi connectivity index (χ4n) is 3.35. The number of benzene rings is 3. The maximum Gasteiger partial charge on any atom is 0.262 e. The molecule has 5 heteroatoms. The molecule has 1 heterocycles. The van der Waals surface area contributed by atoms with Gasteiger partial charge in [-0.25, -0.2) is 0 Å². The van der Waals surface area contributed by atoms with Gasteiger partial charge in [0.1, 0.15) is 11.5 Å². The van der Waals surface area contributed by atoms with Gasteiger partial charge in [0.15, 0.2) is 0 Å². The van der Waals surface area contributed by atoms with Crippen LogP contribution in [0.2, 0.25) is 0 Å². The van der Waals surface area contributed by atoms with Crippen LogP contribution in [0.4, 0.5) is 5.69 Å². The number of hydrogen-bond acceptors (Lipinski definition) is 3. The summed E-state index contributed by atoms with van der Waals surface area (Å²) in [6.45, 7) is 2.52. The number of anilines is 1. The van der Waals surface area contributed by atoms with Crippen LogP contribution in [0.5, 0.6) is 11.5 Å². The predicted molar refractivity (Wildman–Crippen MR) is 123 cm³/mol. The number of ether oxygens (including phenoxy) is 1. The molecule has 0 saturated carbocycles. The van der Waals surface area contributed by atoms with Crippen LogP contribution in [0.25, 0.3) is 11.8 Å². The molecule has 0 unspecified atom stereocenters. The van der Waals surface area contributed by atoms with Crippen molar-refractivity contribution in [2.24, 2.45) is 0 Å². The molecule has 150 valence electrons. The summed E-state index contributed by atoms with van der Waals surface area (Å²) in [5.74, 6) is 0.804. The molecule has 1 amide bonds. The van der Waals surface area contributed by atoms with Gasteiger partial charge in [0.2, 0.25) is 0 Å². The molecular formula is C25H20BrNO3. The third kappa shape index (κ3) is 4.02. The van der Waals surface area contributed by atoms with E-state index in [1.807, 2.05) is 67.6 Å². The second kappa shape index (κ2) is 8.59. The van der Waals surface area contributed by atoms with Gasteiger partial charge in [-0.1, -0.05) is 36.4 Å². The lowest BCUT2D eigenvalue weighted by molar-refractivity contribution is -0.113. The fourth-order valence-corrected chi connectivity index (χ4v) is 3.86. The Morgan fingerprint density at radius 1 is 1.03 bits per heavy atom. The fraction of sp³-hybridized carbons (Fsp3) is 0.0800. The molecule has 0 saturated heterocycles. The SMILES string of the molecule is CCOc1ccc(/C=C2\C=C(c3ccccc3)N(c3ccc(O)cc3)C2=O)cc1Br. The number of halogens is 1. The number of aromatic hydroxyl groups is 1. The molecule has 0 bridgehead atoms. The molecule has 0 aromatic heterocycles. The second-order valence-electron chi connectivity index (χ2n) is 6.78. The highest BCUT2D eigenvalue weighted by molar-refractivity contribution is 9.10. The van der Waals surface area contributed by atoms with Crippen LogP contribution in [0.1, 0.15) is 18.1 Å². The zero-order chi connectivity index (χ0) is 21.1. The van der Waals surface area contributed by atoms with Gasteiger partial charge in [-0.15, -0.1) is 0 Å². The molecule has 30 heavy (non-hydrogen) atoms. The molecule has 0 spiro atoms. The highest BCUT2D eigenvalue weighted by Gasteiger charge is 2.30. The maximum atomic E-state index is 13.3. The lowest BCUT2D eigenvalue weighted by Gasteiger charge is -2.20. The van der Waals surface area contributed by atoms with Gasteiger partial charge < -0.3 is 9.84 Å². The molecule has 0 fully saturated rings. The summed E-state index contributed by atoms with van der Waals surface area (Å²) in [6, 6.07) is 22.2. The Morgan fingerprint density at radius 2 is 1.77 bits per heavy atom.